The first-order valence-corrected chi connectivity index (χ1v) is 10.2. The summed E-state index contributed by atoms with van der Waals surface area (Å²) in [7, 11) is 2.14. The number of carbonyl (C=O) groups is 1. The van der Waals surface area contributed by atoms with Crippen LogP contribution in [0.3, 0.4) is 0 Å². The Kier molecular flexibility index (Phi) is 6.40. The molecule has 1 aromatic carbocycles. The van der Waals surface area contributed by atoms with E-state index in [1.165, 1.54) is 0 Å². The van der Waals surface area contributed by atoms with Crippen molar-refractivity contribution in [3.05, 3.63) is 52.7 Å². The Hall–Kier alpha value is -1.76. The molecule has 138 valence electrons. The number of carbonyl (C=O) groups excluding carboxylic acids is 1. The summed E-state index contributed by atoms with van der Waals surface area (Å²) in [6.07, 6.45) is 3.80. The molecule has 1 N–H and O–H groups in total. The molecule has 0 radical (unpaired) electrons. The van der Waals surface area contributed by atoms with Gasteiger partial charge in [0, 0.05) is 43.8 Å². The number of halogens is 1. The first kappa shape index (κ1) is 19.0. The van der Waals surface area contributed by atoms with Crippen LogP contribution in [-0.4, -0.2) is 55.3 Å². The molecule has 5 nitrogen and oxygen atoms in total. The number of pyridine rings is 1. The summed E-state index contributed by atoms with van der Waals surface area (Å²) in [6, 6.07) is 9.52. The van der Waals surface area contributed by atoms with Crippen molar-refractivity contribution in [1.29, 1.82) is 0 Å². The van der Waals surface area contributed by atoms with Crippen LogP contribution in [0, 0.1) is 0 Å². The number of anilines is 1. The highest BCUT2D eigenvalue weighted by molar-refractivity contribution is 7.98. The third-order valence-electron chi connectivity index (χ3n) is 4.51. The van der Waals surface area contributed by atoms with E-state index in [9.17, 15) is 4.79 Å². The molecule has 0 atom stereocenters. The highest BCUT2D eigenvalue weighted by atomic mass is 35.5. The number of hydrogen-bond acceptors (Lipinski definition) is 5. The van der Waals surface area contributed by atoms with Crippen LogP contribution in [0.4, 0.5) is 5.82 Å². The highest BCUT2D eigenvalue weighted by Gasteiger charge is 2.15. The second-order valence-electron chi connectivity index (χ2n) is 6.34. The molecule has 0 unspecified atom stereocenters. The second kappa shape index (κ2) is 8.75. The molecule has 1 aromatic heterocycles. The average molecular weight is 391 g/mol. The van der Waals surface area contributed by atoms with Crippen molar-refractivity contribution in [3.63, 3.8) is 0 Å². The minimum Gasteiger partial charge on any atom is -0.354 e. The Morgan fingerprint density at radius 1 is 1.23 bits per heavy atom. The van der Waals surface area contributed by atoms with Crippen LogP contribution >= 0.6 is 23.4 Å². The van der Waals surface area contributed by atoms with E-state index in [0.717, 1.165) is 42.5 Å². The summed E-state index contributed by atoms with van der Waals surface area (Å²) < 4.78 is 0. The number of nitrogens with one attached hydrogen (secondary N) is 1. The van der Waals surface area contributed by atoms with Crippen LogP contribution in [0.15, 0.2) is 41.4 Å². The molecule has 2 heterocycles. The minimum atomic E-state index is -0.172. The smallest absolute Gasteiger partial charge is 0.253 e. The van der Waals surface area contributed by atoms with Gasteiger partial charge in [0.05, 0.1) is 10.6 Å². The number of hydrogen-bond donors (Lipinski definition) is 1. The number of rotatable bonds is 5. The number of piperazine rings is 1. The van der Waals surface area contributed by atoms with E-state index in [1.807, 2.05) is 36.7 Å². The fourth-order valence-electron chi connectivity index (χ4n) is 2.83. The molecule has 1 saturated heterocycles. The van der Waals surface area contributed by atoms with Gasteiger partial charge in [-0.05, 0) is 43.1 Å². The lowest BCUT2D eigenvalue weighted by Crippen LogP contribution is -2.44. The molecule has 2 aromatic rings. The fourth-order valence-corrected chi connectivity index (χ4v) is 3.47. The number of amides is 1. The van der Waals surface area contributed by atoms with Crippen molar-refractivity contribution >= 4 is 35.1 Å². The third-order valence-corrected chi connectivity index (χ3v) is 5.56. The molecule has 0 spiro atoms. The lowest BCUT2D eigenvalue weighted by Gasteiger charge is -2.33. The molecule has 1 aliphatic heterocycles. The van der Waals surface area contributed by atoms with Crippen molar-refractivity contribution in [1.82, 2.24) is 15.2 Å². The fraction of sp³-hybridized carbons (Fsp3) is 0.368. The maximum absolute atomic E-state index is 12.4. The Labute approximate surface area is 163 Å². The predicted octanol–water partition coefficient (Wildman–Crippen LogP) is 3.14. The van der Waals surface area contributed by atoms with Crippen LogP contribution in [0.5, 0.6) is 0 Å². The highest BCUT2D eigenvalue weighted by Crippen LogP contribution is 2.23. The molecular weight excluding hydrogens is 368 g/mol. The molecule has 1 fully saturated rings. The van der Waals surface area contributed by atoms with E-state index >= 15 is 0 Å². The average Bonchev–Trinajstić information content (AvgIpc) is 2.67. The molecule has 1 aliphatic rings. The van der Waals surface area contributed by atoms with E-state index in [1.54, 1.807) is 17.8 Å². The van der Waals surface area contributed by atoms with Gasteiger partial charge in [-0.3, -0.25) is 4.79 Å². The van der Waals surface area contributed by atoms with Gasteiger partial charge in [-0.25, -0.2) is 4.98 Å². The second-order valence-corrected chi connectivity index (χ2v) is 7.63. The molecule has 26 heavy (non-hydrogen) atoms. The van der Waals surface area contributed by atoms with E-state index in [0.29, 0.717) is 17.1 Å². The largest absolute Gasteiger partial charge is 0.354 e. The van der Waals surface area contributed by atoms with Crippen LogP contribution in [0.1, 0.15) is 15.9 Å². The Morgan fingerprint density at radius 3 is 2.65 bits per heavy atom. The van der Waals surface area contributed by atoms with Gasteiger partial charge in [-0.15, -0.1) is 11.8 Å². The van der Waals surface area contributed by atoms with Gasteiger partial charge in [-0.2, -0.15) is 0 Å². The summed E-state index contributed by atoms with van der Waals surface area (Å²) in [6.45, 7) is 4.51. The van der Waals surface area contributed by atoms with Gasteiger partial charge in [0.15, 0.2) is 0 Å². The Morgan fingerprint density at radius 2 is 2.00 bits per heavy atom. The maximum atomic E-state index is 12.4. The zero-order valence-electron chi connectivity index (χ0n) is 15.0. The van der Waals surface area contributed by atoms with Crippen molar-refractivity contribution in [3.8, 4) is 0 Å². The van der Waals surface area contributed by atoms with E-state index in [4.69, 9.17) is 11.6 Å². The third kappa shape index (κ3) is 4.69. The van der Waals surface area contributed by atoms with E-state index in [2.05, 4.69) is 27.1 Å². The number of benzene rings is 1. The number of nitrogens with zero attached hydrogens (tertiary/aromatic N) is 3. The van der Waals surface area contributed by atoms with E-state index < -0.39 is 0 Å². The van der Waals surface area contributed by atoms with Crippen molar-refractivity contribution < 1.29 is 4.79 Å². The summed E-state index contributed by atoms with van der Waals surface area (Å²) in [5, 5.41) is 3.38. The van der Waals surface area contributed by atoms with Crippen LogP contribution in [0.25, 0.3) is 0 Å². The van der Waals surface area contributed by atoms with Gasteiger partial charge in [-0.1, -0.05) is 17.7 Å². The van der Waals surface area contributed by atoms with Gasteiger partial charge in [0.25, 0.3) is 5.91 Å². The standard InChI is InChI=1S/C19H23ClN4OS/c1-23-7-9-24(10-8-23)18-6-3-14(12-21-18)13-22-19(25)16-11-15(26-2)4-5-17(16)20/h3-6,11-12H,7-10,13H2,1-2H3,(H,22,25). The topological polar surface area (TPSA) is 48.5 Å². The predicted molar refractivity (Wildman–Crippen MR) is 108 cm³/mol. The van der Waals surface area contributed by atoms with E-state index in [-0.39, 0.29) is 5.91 Å². The first-order valence-electron chi connectivity index (χ1n) is 8.57. The zero-order chi connectivity index (χ0) is 18.5. The lowest BCUT2D eigenvalue weighted by molar-refractivity contribution is 0.0951. The monoisotopic (exact) mass is 390 g/mol. The quantitative estimate of drug-likeness (QED) is 0.795. The van der Waals surface area contributed by atoms with Crippen molar-refractivity contribution in [2.24, 2.45) is 0 Å². The Bertz CT molecular complexity index is 761. The maximum Gasteiger partial charge on any atom is 0.253 e. The number of thioether (sulfide) groups is 1. The summed E-state index contributed by atoms with van der Waals surface area (Å²) in [5.74, 6) is 0.818. The molecule has 0 bridgehead atoms. The normalized spacial score (nSPS) is 15.1. The number of likely N-dealkylation sites (N-methyl/N-ethyl adjacent to an activating group) is 1. The summed E-state index contributed by atoms with van der Waals surface area (Å²) in [5.41, 5.74) is 1.47. The van der Waals surface area contributed by atoms with Gasteiger partial charge < -0.3 is 15.1 Å². The van der Waals surface area contributed by atoms with Crippen LogP contribution in [0.2, 0.25) is 5.02 Å². The van der Waals surface area contributed by atoms with Crippen LogP contribution < -0.4 is 10.2 Å². The lowest BCUT2D eigenvalue weighted by atomic mass is 10.2. The Balaban J connectivity index is 1.59. The van der Waals surface area contributed by atoms with Gasteiger partial charge in [0.2, 0.25) is 0 Å². The number of aromatic nitrogens is 1. The molecular formula is C19H23ClN4OS. The SMILES string of the molecule is CSc1ccc(Cl)c(C(=O)NCc2ccc(N3CCN(C)CC3)nc2)c1. The van der Waals surface area contributed by atoms with Crippen LogP contribution in [-0.2, 0) is 6.54 Å². The zero-order valence-corrected chi connectivity index (χ0v) is 16.6. The van der Waals surface area contributed by atoms with Gasteiger partial charge >= 0.3 is 0 Å². The van der Waals surface area contributed by atoms with Crippen molar-refractivity contribution in [2.75, 3.05) is 44.4 Å². The van der Waals surface area contributed by atoms with Gasteiger partial charge in [0.1, 0.15) is 5.82 Å². The summed E-state index contributed by atoms with van der Waals surface area (Å²) in [4.78, 5) is 22.6. The molecule has 1 amide bonds. The molecule has 0 aliphatic carbocycles. The first-order chi connectivity index (χ1) is 12.6. The molecule has 0 saturated carbocycles. The van der Waals surface area contributed by atoms with Crippen molar-refractivity contribution in [2.45, 2.75) is 11.4 Å². The summed E-state index contributed by atoms with van der Waals surface area (Å²) >= 11 is 7.74. The molecule has 3 rings (SSSR count). The molecule has 7 heteroatoms. The minimum absolute atomic E-state index is 0.172.